The van der Waals surface area contributed by atoms with Gasteiger partial charge < -0.3 is 14.8 Å². The number of aliphatic hydroxyl groups excluding tert-OH is 1. The Labute approximate surface area is 117 Å². The number of hydrogen-bond acceptors (Lipinski definition) is 4. The predicted molar refractivity (Wildman–Crippen MR) is 75.6 cm³/mol. The molecule has 5 nitrogen and oxygen atoms in total. The molecule has 0 fully saturated rings. The summed E-state index contributed by atoms with van der Waals surface area (Å²) < 4.78 is 4.74. The van der Waals surface area contributed by atoms with Crippen LogP contribution in [0, 0.1) is 13.8 Å². The van der Waals surface area contributed by atoms with E-state index in [0.717, 1.165) is 28.3 Å². The molecular weight excluding hydrogens is 256 g/mol. The van der Waals surface area contributed by atoms with Crippen molar-refractivity contribution in [3.63, 3.8) is 0 Å². The summed E-state index contributed by atoms with van der Waals surface area (Å²) >= 11 is 0. The summed E-state index contributed by atoms with van der Waals surface area (Å²) in [6.07, 6.45) is 0.483. The third kappa shape index (κ3) is 2.72. The Morgan fingerprint density at radius 1 is 1.40 bits per heavy atom. The SMILES string of the molecule is COC(=O)c1ccc(C)c(-c2[nH]c(CCO)nc2C)c1. The van der Waals surface area contributed by atoms with Crippen LogP contribution in [-0.2, 0) is 11.2 Å². The lowest BCUT2D eigenvalue weighted by Gasteiger charge is -2.07. The van der Waals surface area contributed by atoms with E-state index in [4.69, 9.17) is 9.84 Å². The Kier molecular flexibility index (Phi) is 4.20. The van der Waals surface area contributed by atoms with Crippen LogP contribution in [0.25, 0.3) is 11.3 Å². The highest BCUT2D eigenvalue weighted by Crippen LogP contribution is 2.26. The van der Waals surface area contributed by atoms with Gasteiger partial charge in [-0.1, -0.05) is 6.07 Å². The number of aryl methyl sites for hydroxylation is 2. The maximum absolute atomic E-state index is 11.6. The van der Waals surface area contributed by atoms with Gasteiger partial charge >= 0.3 is 5.97 Å². The molecule has 0 radical (unpaired) electrons. The highest BCUT2D eigenvalue weighted by atomic mass is 16.5. The van der Waals surface area contributed by atoms with Gasteiger partial charge in [0.25, 0.3) is 0 Å². The summed E-state index contributed by atoms with van der Waals surface area (Å²) in [6, 6.07) is 5.42. The smallest absolute Gasteiger partial charge is 0.337 e. The second kappa shape index (κ2) is 5.88. The first-order valence-corrected chi connectivity index (χ1v) is 6.42. The molecule has 1 aromatic carbocycles. The topological polar surface area (TPSA) is 75.2 Å². The number of benzene rings is 1. The first-order chi connectivity index (χ1) is 9.56. The fourth-order valence-electron chi connectivity index (χ4n) is 2.14. The summed E-state index contributed by atoms with van der Waals surface area (Å²) in [7, 11) is 1.36. The zero-order valence-electron chi connectivity index (χ0n) is 11.9. The molecule has 0 aliphatic rings. The molecule has 0 saturated heterocycles. The number of aliphatic hydroxyl groups is 1. The minimum Gasteiger partial charge on any atom is -0.465 e. The Hall–Kier alpha value is -2.14. The van der Waals surface area contributed by atoms with Crippen molar-refractivity contribution in [2.24, 2.45) is 0 Å². The highest BCUT2D eigenvalue weighted by Gasteiger charge is 2.14. The molecule has 106 valence electrons. The summed E-state index contributed by atoms with van der Waals surface area (Å²) in [5, 5.41) is 8.97. The van der Waals surface area contributed by atoms with Crippen LogP contribution < -0.4 is 0 Å². The Bertz CT molecular complexity index is 632. The molecule has 0 unspecified atom stereocenters. The number of carbonyl (C=O) groups is 1. The van der Waals surface area contributed by atoms with E-state index in [1.54, 1.807) is 12.1 Å². The van der Waals surface area contributed by atoms with Gasteiger partial charge in [0.05, 0.1) is 30.7 Å². The van der Waals surface area contributed by atoms with Crippen molar-refractivity contribution in [3.05, 3.63) is 40.8 Å². The van der Waals surface area contributed by atoms with Crippen molar-refractivity contribution in [1.29, 1.82) is 0 Å². The fraction of sp³-hybridized carbons (Fsp3) is 0.333. The zero-order chi connectivity index (χ0) is 14.7. The molecule has 0 saturated carbocycles. The molecule has 0 aliphatic carbocycles. The number of nitrogens with one attached hydrogen (secondary N) is 1. The van der Waals surface area contributed by atoms with E-state index < -0.39 is 0 Å². The average Bonchev–Trinajstić information content (AvgIpc) is 2.79. The van der Waals surface area contributed by atoms with Crippen molar-refractivity contribution in [3.8, 4) is 11.3 Å². The monoisotopic (exact) mass is 274 g/mol. The van der Waals surface area contributed by atoms with Crippen molar-refractivity contribution < 1.29 is 14.6 Å². The number of hydrogen-bond donors (Lipinski definition) is 2. The lowest BCUT2D eigenvalue weighted by Crippen LogP contribution is -2.02. The molecule has 5 heteroatoms. The second-order valence-electron chi connectivity index (χ2n) is 4.64. The molecule has 0 spiro atoms. The Morgan fingerprint density at radius 2 is 2.15 bits per heavy atom. The number of H-pyrrole nitrogens is 1. The van der Waals surface area contributed by atoms with Crippen LogP contribution in [0.2, 0.25) is 0 Å². The third-order valence-electron chi connectivity index (χ3n) is 3.21. The third-order valence-corrected chi connectivity index (χ3v) is 3.21. The summed E-state index contributed by atoms with van der Waals surface area (Å²) in [4.78, 5) is 19.2. The minimum absolute atomic E-state index is 0.0492. The van der Waals surface area contributed by atoms with Crippen molar-refractivity contribution in [1.82, 2.24) is 9.97 Å². The largest absolute Gasteiger partial charge is 0.465 e. The van der Waals surface area contributed by atoms with Crippen LogP contribution in [-0.4, -0.2) is 34.8 Å². The molecule has 2 rings (SSSR count). The fourth-order valence-corrected chi connectivity index (χ4v) is 2.14. The van der Waals surface area contributed by atoms with Crippen LogP contribution >= 0.6 is 0 Å². The van der Waals surface area contributed by atoms with E-state index >= 15 is 0 Å². The number of nitrogens with zero attached hydrogens (tertiary/aromatic N) is 1. The molecule has 1 heterocycles. The van der Waals surface area contributed by atoms with Crippen LogP contribution in [0.15, 0.2) is 18.2 Å². The number of carbonyl (C=O) groups excluding carboxylic acids is 1. The summed E-state index contributed by atoms with van der Waals surface area (Å²) in [5.41, 5.74) is 4.18. The first-order valence-electron chi connectivity index (χ1n) is 6.42. The molecule has 1 aromatic heterocycles. The first kappa shape index (κ1) is 14.3. The number of aromatic amines is 1. The molecule has 2 N–H and O–H groups in total. The zero-order valence-corrected chi connectivity index (χ0v) is 11.9. The van der Waals surface area contributed by atoms with E-state index in [9.17, 15) is 4.79 Å². The van der Waals surface area contributed by atoms with Gasteiger partial charge in [0, 0.05) is 12.0 Å². The summed E-state index contributed by atoms with van der Waals surface area (Å²) in [5.74, 6) is 0.377. The van der Waals surface area contributed by atoms with Gasteiger partial charge in [-0.3, -0.25) is 0 Å². The van der Waals surface area contributed by atoms with Gasteiger partial charge in [-0.05, 0) is 31.5 Å². The predicted octanol–water partition coefficient (Wildman–Crippen LogP) is 2.01. The summed E-state index contributed by atoms with van der Waals surface area (Å²) in [6.45, 7) is 3.92. The van der Waals surface area contributed by atoms with Gasteiger partial charge in [0.2, 0.25) is 0 Å². The van der Waals surface area contributed by atoms with Crippen LogP contribution in [0.5, 0.6) is 0 Å². The number of imidazole rings is 1. The number of ether oxygens (including phenoxy) is 1. The van der Waals surface area contributed by atoms with Crippen LogP contribution in [0.1, 0.15) is 27.4 Å². The van der Waals surface area contributed by atoms with Crippen molar-refractivity contribution in [2.75, 3.05) is 13.7 Å². The lowest BCUT2D eigenvalue weighted by atomic mass is 10.0. The van der Waals surface area contributed by atoms with E-state index in [1.165, 1.54) is 7.11 Å². The molecule has 20 heavy (non-hydrogen) atoms. The molecule has 0 atom stereocenters. The number of esters is 1. The van der Waals surface area contributed by atoms with E-state index in [0.29, 0.717) is 12.0 Å². The number of rotatable bonds is 4. The lowest BCUT2D eigenvalue weighted by molar-refractivity contribution is 0.0601. The Balaban J connectivity index is 2.48. The number of aromatic nitrogens is 2. The van der Waals surface area contributed by atoms with Crippen molar-refractivity contribution >= 4 is 5.97 Å². The molecule has 2 aromatic rings. The molecular formula is C15H18N2O3. The second-order valence-corrected chi connectivity index (χ2v) is 4.64. The van der Waals surface area contributed by atoms with E-state index in [2.05, 4.69) is 9.97 Å². The quantitative estimate of drug-likeness (QED) is 0.836. The Morgan fingerprint density at radius 3 is 2.80 bits per heavy atom. The van der Waals surface area contributed by atoms with Gasteiger partial charge in [-0.25, -0.2) is 9.78 Å². The van der Waals surface area contributed by atoms with Gasteiger partial charge in [0.1, 0.15) is 5.82 Å². The van der Waals surface area contributed by atoms with E-state index in [1.807, 2.05) is 19.9 Å². The van der Waals surface area contributed by atoms with Crippen LogP contribution in [0.3, 0.4) is 0 Å². The van der Waals surface area contributed by atoms with Gasteiger partial charge in [-0.15, -0.1) is 0 Å². The maximum atomic E-state index is 11.6. The molecule has 0 bridgehead atoms. The van der Waals surface area contributed by atoms with Gasteiger partial charge in [-0.2, -0.15) is 0 Å². The standard InChI is InChI=1S/C15H18N2O3/c1-9-4-5-11(15(19)20-3)8-12(9)14-10(2)16-13(17-14)6-7-18/h4-5,8,18H,6-7H2,1-3H3,(H,16,17). The molecule has 0 amide bonds. The van der Waals surface area contributed by atoms with Crippen molar-refractivity contribution in [2.45, 2.75) is 20.3 Å². The van der Waals surface area contributed by atoms with E-state index in [-0.39, 0.29) is 12.6 Å². The highest BCUT2D eigenvalue weighted by molar-refractivity contribution is 5.91. The average molecular weight is 274 g/mol. The van der Waals surface area contributed by atoms with Crippen LogP contribution in [0.4, 0.5) is 0 Å². The minimum atomic E-state index is -0.362. The molecule has 0 aliphatic heterocycles. The maximum Gasteiger partial charge on any atom is 0.337 e. The van der Waals surface area contributed by atoms with Gasteiger partial charge in [0.15, 0.2) is 0 Å². The number of methoxy groups -OCH3 is 1. The normalized spacial score (nSPS) is 10.6.